The molecule has 0 saturated carbocycles. The van der Waals surface area contributed by atoms with Crippen LogP contribution in [0.15, 0.2) is 36.4 Å². The van der Waals surface area contributed by atoms with Crippen molar-refractivity contribution < 1.29 is 19.1 Å². The van der Waals surface area contributed by atoms with E-state index in [2.05, 4.69) is 37.4 Å². The third-order valence-electron chi connectivity index (χ3n) is 5.75. The molecule has 2 aromatic carbocycles. The lowest BCUT2D eigenvalue weighted by molar-refractivity contribution is -0.126. The molecule has 2 atom stereocenters. The Hall–Kier alpha value is -3.02. The SMILES string of the molecule is Cc1ccc(CC(C)NC(=O)C2CC(=O)N(c3ccc4c(c3)OCCO4)C2)c(C)c1. The number of aryl methyl sites for hydroxylation is 2. The van der Waals surface area contributed by atoms with Gasteiger partial charge in [-0.15, -0.1) is 0 Å². The van der Waals surface area contributed by atoms with E-state index in [9.17, 15) is 9.59 Å². The van der Waals surface area contributed by atoms with E-state index in [-0.39, 0.29) is 30.2 Å². The maximum absolute atomic E-state index is 12.8. The Bertz CT molecular complexity index is 972. The number of fused-ring (bicyclic) bond motifs is 1. The van der Waals surface area contributed by atoms with E-state index in [4.69, 9.17) is 9.47 Å². The largest absolute Gasteiger partial charge is 0.486 e. The molecule has 1 saturated heterocycles. The molecule has 4 rings (SSSR count). The van der Waals surface area contributed by atoms with E-state index < -0.39 is 0 Å². The Morgan fingerprint density at radius 2 is 1.90 bits per heavy atom. The van der Waals surface area contributed by atoms with Crippen LogP contribution in [0.3, 0.4) is 0 Å². The van der Waals surface area contributed by atoms with Gasteiger partial charge in [-0.3, -0.25) is 9.59 Å². The zero-order chi connectivity index (χ0) is 21.3. The predicted octanol–water partition coefficient (Wildman–Crippen LogP) is 3.17. The van der Waals surface area contributed by atoms with Crippen LogP contribution in [-0.2, 0) is 16.0 Å². The number of ether oxygens (including phenoxy) is 2. The van der Waals surface area contributed by atoms with Gasteiger partial charge in [0.15, 0.2) is 11.5 Å². The second-order valence-electron chi connectivity index (χ2n) is 8.28. The molecule has 1 fully saturated rings. The lowest BCUT2D eigenvalue weighted by Gasteiger charge is -2.22. The molecule has 2 unspecified atom stereocenters. The smallest absolute Gasteiger partial charge is 0.227 e. The van der Waals surface area contributed by atoms with Crippen LogP contribution in [0.1, 0.15) is 30.0 Å². The van der Waals surface area contributed by atoms with Crippen molar-refractivity contribution in [1.29, 1.82) is 0 Å². The minimum Gasteiger partial charge on any atom is -0.486 e. The average molecular weight is 408 g/mol. The normalized spacial score (nSPS) is 19.0. The van der Waals surface area contributed by atoms with Gasteiger partial charge in [0, 0.05) is 30.8 Å². The molecule has 6 heteroatoms. The third-order valence-corrected chi connectivity index (χ3v) is 5.75. The molecule has 0 aromatic heterocycles. The molecule has 0 radical (unpaired) electrons. The standard InChI is InChI=1S/C24H28N2O4/c1-15-4-5-18(16(2)10-15)11-17(3)25-24(28)19-12-23(27)26(14-19)20-6-7-21-22(13-20)30-9-8-29-21/h4-7,10,13,17,19H,8-9,11-12,14H2,1-3H3,(H,25,28). The first-order valence-electron chi connectivity index (χ1n) is 10.5. The van der Waals surface area contributed by atoms with Gasteiger partial charge in [0.2, 0.25) is 11.8 Å². The van der Waals surface area contributed by atoms with Crippen LogP contribution >= 0.6 is 0 Å². The molecule has 2 aromatic rings. The van der Waals surface area contributed by atoms with Crippen molar-refractivity contribution in [3.8, 4) is 11.5 Å². The second kappa shape index (κ2) is 8.38. The van der Waals surface area contributed by atoms with Gasteiger partial charge in [-0.25, -0.2) is 0 Å². The lowest BCUT2D eigenvalue weighted by Crippen LogP contribution is -2.39. The summed E-state index contributed by atoms with van der Waals surface area (Å²) in [6.45, 7) is 7.57. The first kappa shape index (κ1) is 20.3. The molecular weight excluding hydrogens is 380 g/mol. The van der Waals surface area contributed by atoms with E-state index in [1.807, 2.05) is 25.1 Å². The summed E-state index contributed by atoms with van der Waals surface area (Å²) in [5.41, 5.74) is 4.44. The second-order valence-corrected chi connectivity index (χ2v) is 8.28. The van der Waals surface area contributed by atoms with Crippen molar-refractivity contribution in [1.82, 2.24) is 5.32 Å². The van der Waals surface area contributed by atoms with Crippen molar-refractivity contribution >= 4 is 17.5 Å². The van der Waals surface area contributed by atoms with Crippen molar-refractivity contribution in [2.75, 3.05) is 24.7 Å². The first-order valence-corrected chi connectivity index (χ1v) is 10.5. The van der Waals surface area contributed by atoms with Crippen molar-refractivity contribution in [3.05, 3.63) is 53.1 Å². The number of hydrogen-bond donors (Lipinski definition) is 1. The highest BCUT2D eigenvalue weighted by Gasteiger charge is 2.36. The molecule has 0 bridgehead atoms. The quantitative estimate of drug-likeness (QED) is 0.825. The molecule has 2 aliphatic heterocycles. The summed E-state index contributed by atoms with van der Waals surface area (Å²) in [5, 5.41) is 3.09. The van der Waals surface area contributed by atoms with Crippen LogP contribution in [-0.4, -0.2) is 37.6 Å². The number of hydrogen-bond acceptors (Lipinski definition) is 4. The molecule has 2 aliphatic rings. The fourth-order valence-electron chi connectivity index (χ4n) is 4.15. The first-order chi connectivity index (χ1) is 14.4. The lowest BCUT2D eigenvalue weighted by atomic mass is 9.99. The van der Waals surface area contributed by atoms with Gasteiger partial charge < -0.3 is 19.7 Å². The number of rotatable bonds is 5. The van der Waals surface area contributed by atoms with Gasteiger partial charge in [-0.05, 0) is 50.5 Å². The molecule has 158 valence electrons. The highest BCUT2D eigenvalue weighted by atomic mass is 16.6. The van der Waals surface area contributed by atoms with Crippen LogP contribution in [0, 0.1) is 19.8 Å². The number of carbonyl (C=O) groups is 2. The van der Waals surface area contributed by atoms with E-state index >= 15 is 0 Å². The zero-order valence-corrected chi connectivity index (χ0v) is 17.7. The van der Waals surface area contributed by atoms with E-state index in [0.717, 1.165) is 12.1 Å². The van der Waals surface area contributed by atoms with Crippen molar-refractivity contribution in [2.24, 2.45) is 5.92 Å². The van der Waals surface area contributed by atoms with Crippen LogP contribution in [0.4, 0.5) is 5.69 Å². The summed E-state index contributed by atoms with van der Waals surface area (Å²) in [4.78, 5) is 27.1. The summed E-state index contributed by atoms with van der Waals surface area (Å²) in [7, 11) is 0. The number of benzene rings is 2. The predicted molar refractivity (Wildman–Crippen MR) is 115 cm³/mol. The number of nitrogens with zero attached hydrogens (tertiary/aromatic N) is 1. The molecule has 2 amide bonds. The number of amides is 2. The topological polar surface area (TPSA) is 67.9 Å². The highest BCUT2D eigenvalue weighted by Crippen LogP contribution is 2.36. The molecule has 2 heterocycles. The van der Waals surface area contributed by atoms with Gasteiger partial charge in [-0.2, -0.15) is 0 Å². The average Bonchev–Trinajstić information content (AvgIpc) is 3.11. The number of nitrogens with one attached hydrogen (secondary N) is 1. The van der Waals surface area contributed by atoms with E-state index in [1.165, 1.54) is 16.7 Å². The molecule has 1 N–H and O–H groups in total. The van der Waals surface area contributed by atoms with Crippen LogP contribution < -0.4 is 19.7 Å². The van der Waals surface area contributed by atoms with Crippen LogP contribution in [0.25, 0.3) is 0 Å². The number of anilines is 1. The van der Waals surface area contributed by atoms with Gasteiger partial charge in [0.25, 0.3) is 0 Å². The molecule has 0 aliphatic carbocycles. The molecule has 0 spiro atoms. The van der Waals surface area contributed by atoms with Crippen molar-refractivity contribution in [2.45, 2.75) is 39.7 Å². The fraction of sp³-hybridized carbons (Fsp3) is 0.417. The monoisotopic (exact) mass is 408 g/mol. The van der Waals surface area contributed by atoms with Gasteiger partial charge in [0.1, 0.15) is 13.2 Å². The maximum atomic E-state index is 12.8. The molecular formula is C24H28N2O4. The van der Waals surface area contributed by atoms with Crippen LogP contribution in [0.2, 0.25) is 0 Å². The molecule has 30 heavy (non-hydrogen) atoms. The van der Waals surface area contributed by atoms with Gasteiger partial charge in [0.05, 0.1) is 5.92 Å². The number of carbonyl (C=O) groups excluding carboxylic acids is 2. The third kappa shape index (κ3) is 4.27. The minimum absolute atomic E-state index is 0.00245. The fourth-order valence-corrected chi connectivity index (χ4v) is 4.15. The van der Waals surface area contributed by atoms with Gasteiger partial charge in [-0.1, -0.05) is 23.8 Å². The van der Waals surface area contributed by atoms with E-state index in [0.29, 0.717) is 31.3 Å². The van der Waals surface area contributed by atoms with Crippen molar-refractivity contribution in [3.63, 3.8) is 0 Å². The Labute approximate surface area is 177 Å². The zero-order valence-electron chi connectivity index (χ0n) is 17.7. The highest BCUT2D eigenvalue weighted by molar-refractivity contribution is 6.00. The Morgan fingerprint density at radius 3 is 2.67 bits per heavy atom. The summed E-state index contributed by atoms with van der Waals surface area (Å²) in [6.07, 6.45) is 0.987. The summed E-state index contributed by atoms with van der Waals surface area (Å²) < 4.78 is 11.2. The summed E-state index contributed by atoms with van der Waals surface area (Å²) in [6, 6.07) is 11.8. The minimum atomic E-state index is -0.354. The maximum Gasteiger partial charge on any atom is 0.227 e. The van der Waals surface area contributed by atoms with E-state index in [1.54, 1.807) is 4.90 Å². The molecule has 6 nitrogen and oxygen atoms in total. The summed E-state index contributed by atoms with van der Waals surface area (Å²) >= 11 is 0. The Kier molecular flexibility index (Phi) is 5.66. The van der Waals surface area contributed by atoms with Gasteiger partial charge >= 0.3 is 0 Å². The Morgan fingerprint density at radius 1 is 1.13 bits per heavy atom. The Balaban J connectivity index is 1.38. The van der Waals surface area contributed by atoms with Crippen LogP contribution in [0.5, 0.6) is 11.5 Å². The summed E-state index contributed by atoms with van der Waals surface area (Å²) in [5.74, 6) is 0.856.